The molecular weight excluding hydrogens is 186 g/mol. The zero-order valence-electron chi connectivity index (χ0n) is 10.3. The first kappa shape index (κ1) is 11.4. The highest BCUT2D eigenvalue weighted by Gasteiger charge is 2.38. The Kier molecular flexibility index (Phi) is 3.65. The van der Waals surface area contributed by atoms with Crippen molar-refractivity contribution in [2.75, 3.05) is 40.3 Å². The van der Waals surface area contributed by atoms with Crippen molar-refractivity contribution in [1.29, 1.82) is 0 Å². The maximum Gasteiger partial charge on any atom is 0.109 e. The van der Waals surface area contributed by atoms with Gasteiger partial charge in [0.15, 0.2) is 0 Å². The maximum atomic E-state index is 3.62. The van der Waals surface area contributed by atoms with Crippen molar-refractivity contribution in [2.45, 2.75) is 38.1 Å². The first-order chi connectivity index (χ1) is 7.27. The Morgan fingerprint density at radius 1 is 1.07 bits per heavy atom. The predicted octanol–water partition coefficient (Wildman–Crippen LogP) is 1.22. The number of nitrogens with one attached hydrogen (secondary N) is 1. The second-order valence-electron chi connectivity index (χ2n) is 5.30. The van der Waals surface area contributed by atoms with Crippen molar-refractivity contribution >= 4 is 0 Å². The van der Waals surface area contributed by atoms with Crippen molar-refractivity contribution in [3.05, 3.63) is 0 Å². The molecule has 2 rings (SSSR count). The molecule has 0 aromatic carbocycles. The van der Waals surface area contributed by atoms with Crippen molar-refractivity contribution in [2.24, 2.45) is 0 Å². The number of rotatable bonds is 2. The highest BCUT2D eigenvalue weighted by atomic mass is 15.7. The molecular formula is C12H26N3+. The van der Waals surface area contributed by atoms with Crippen LogP contribution in [0.2, 0.25) is 0 Å². The molecule has 0 unspecified atom stereocenters. The van der Waals surface area contributed by atoms with Gasteiger partial charge in [-0.1, -0.05) is 0 Å². The molecule has 2 aliphatic heterocycles. The zero-order valence-corrected chi connectivity index (χ0v) is 10.3. The molecule has 88 valence electrons. The summed E-state index contributed by atoms with van der Waals surface area (Å²) in [5.74, 6) is 0. The van der Waals surface area contributed by atoms with Gasteiger partial charge in [-0.25, -0.2) is 4.59 Å². The lowest BCUT2D eigenvalue weighted by atomic mass is 9.99. The first-order valence-corrected chi connectivity index (χ1v) is 6.51. The molecule has 0 aromatic heterocycles. The third-order valence-corrected chi connectivity index (χ3v) is 4.45. The molecule has 0 bridgehead atoms. The van der Waals surface area contributed by atoms with E-state index in [0.717, 1.165) is 6.04 Å². The standard InChI is InChI=1S/C12H26N3/c1-13-15(10-4-3-5-11-15)12-6-8-14(2)9-7-12/h12-13H,3-11H2,1-2H3/q+1. The molecule has 2 saturated heterocycles. The predicted molar refractivity (Wildman–Crippen MR) is 63.4 cm³/mol. The Balaban J connectivity index is 1.98. The van der Waals surface area contributed by atoms with Gasteiger partial charge in [0.2, 0.25) is 0 Å². The van der Waals surface area contributed by atoms with Gasteiger partial charge in [0.05, 0.1) is 13.1 Å². The van der Waals surface area contributed by atoms with Crippen LogP contribution in [-0.2, 0) is 0 Å². The number of likely N-dealkylation sites (tertiary alicyclic amines) is 2. The minimum atomic E-state index is 0.867. The third-order valence-electron chi connectivity index (χ3n) is 4.45. The quantitative estimate of drug-likeness (QED) is 0.692. The second kappa shape index (κ2) is 4.81. The molecule has 2 fully saturated rings. The van der Waals surface area contributed by atoms with Crippen molar-refractivity contribution in [3.63, 3.8) is 0 Å². The number of hydrogen-bond acceptors (Lipinski definition) is 2. The lowest BCUT2D eigenvalue weighted by Crippen LogP contribution is -2.66. The van der Waals surface area contributed by atoms with Crippen LogP contribution >= 0.6 is 0 Å². The molecule has 1 N–H and O–H groups in total. The lowest BCUT2D eigenvalue weighted by Gasteiger charge is -2.48. The van der Waals surface area contributed by atoms with Gasteiger partial charge >= 0.3 is 0 Å². The number of quaternary nitrogens is 1. The lowest BCUT2D eigenvalue weighted by molar-refractivity contribution is -0.994. The number of piperidine rings is 2. The van der Waals surface area contributed by atoms with Gasteiger partial charge in [-0.3, -0.25) is 0 Å². The fourth-order valence-electron chi connectivity index (χ4n) is 3.34. The highest BCUT2D eigenvalue weighted by Crippen LogP contribution is 2.26. The van der Waals surface area contributed by atoms with E-state index in [1.807, 2.05) is 0 Å². The van der Waals surface area contributed by atoms with E-state index in [9.17, 15) is 0 Å². The van der Waals surface area contributed by atoms with Gasteiger partial charge in [0.25, 0.3) is 0 Å². The van der Waals surface area contributed by atoms with Crippen molar-refractivity contribution < 1.29 is 4.59 Å². The summed E-state index contributed by atoms with van der Waals surface area (Å²) in [5, 5.41) is 0. The highest BCUT2D eigenvalue weighted by molar-refractivity contribution is 4.72. The molecule has 0 atom stereocenters. The van der Waals surface area contributed by atoms with E-state index in [4.69, 9.17) is 0 Å². The molecule has 15 heavy (non-hydrogen) atoms. The molecule has 0 amide bonds. The summed E-state index contributed by atoms with van der Waals surface area (Å²) in [6.07, 6.45) is 7.00. The SMILES string of the molecule is CN[N+]1(C2CCN(C)CC2)CCCCC1. The molecule has 3 heteroatoms. The largest absolute Gasteiger partial charge is 0.306 e. The molecule has 3 nitrogen and oxygen atoms in total. The topological polar surface area (TPSA) is 15.3 Å². The van der Waals surface area contributed by atoms with E-state index >= 15 is 0 Å². The van der Waals surface area contributed by atoms with Gasteiger partial charge < -0.3 is 4.90 Å². The van der Waals surface area contributed by atoms with Gasteiger partial charge in [-0.15, -0.1) is 0 Å². The number of nitrogens with zero attached hydrogens (tertiary/aromatic N) is 2. The van der Waals surface area contributed by atoms with E-state index in [0.29, 0.717) is 0 Å². The smallest absolute Gasteiger partial charge is 0.109 e. The normalized spacial score (nSPS) is 29.2. The van der Waals surface area contributed by atoms with E-state index in [2.05, 4.69) is 24.4 Å². The minimum absolute atomic E-state index is 0.867. The summed E-state index contributed by atoms with van der Waals surface area (Å²) in [6.45, 7) is 5.27. The molecule has 0 aliphatic carbocycles. The minimum Gasteiger partial charge on any atom is -0.306 e. The van der Waals surface area contributed by atoms with Gasteiger partial charge in [-0.2, -0.15) is 5.43 Å². The molecule has 2 heterocycles. The first-order valence-electron chi connectivity index (χ1n) is 6.51. The van der Waals surface area contributed by atoms with Crippen molar-refractivity contribution in [3.8, 4) is 0 Å². The second-order valence-corrected chi connectivity index (χ2v) is 5.30. The van der Waals surface area contributed by atoms with E-state index in [-0.39, 0.29) is 0 Å². The molecule has 2 aliphatic rings. The van der Waals surface area contributed by atoms with Crippen LogP contribution in [0.1, 0.15) is 32.1 Å². The van der Waals surface area contributed by atoms with Crippen LogP contribution in [0.4, 0.5) is 0 Å². The molecule has 0 radical (unpaired) electrons. The summed E-state index contributed by atoms with van der Waals surface area (Å²) in [5.41, 5.74) is 3.62. The van der Waals surface area contributed by atoms with Crippen molar-refractivity contribution in [1.82, 2.24) is 10.3 Å². The average Bonchev–Trinajstić information content (AvgIpc) is 2.31. The van der Waals surface area contributed by atoms with Crippen LogP contribution in [-0.4, -0.2) is 55.8 Å². The Morgan fingerprint density at radius 2 is 1.67 bits per heavy atom. The molecule has 0 aromatic rings. The van der Waals surface area contributed by atoms with Crippen LogP contribution in [0.5, 0.6) is 0 Å². The summed E-state index contributed by atoms with van der Waals surface area (Å²) in [7, 11) is 4.40. The van der Waals surface area contributed by atoms with Crippen LogP contribution in [0.15, 0.2) is 0 Å². The van der Waals surface area contributed by atoms with E-state index in [1.165, 1.54) is 62.9 Å². The van der Waals surface area contributed by atoms with Gasteiger partial charge in [-0.05, 0) is 26.3 Å². The Labute approximate surface area is 94.0 Å². The monoisotopic (exact) mass is 212 g/mol. The van der Waals surface area contributed by atoms with E-state index in [1.54, 1.807) is 0 Å². The zero-order chi connectivity index (χ0) is 10.7. The Morgan fingerprint density at radius 3 is 2.20 bits per heavy atom. The Bertz CT molecular complexity index is 191. The number of hydrogen-bond donors (Lipinski definition) is 1. The van der Waals surface area contributed by atoms with E-state index < -0.39 is 0 Å². The summed E-state index contributed by atoms with van der Waals surface area (Å²) in [6, 6.07) is 0.867. The fourth-order valence-corrected chi connectivity index (χ4v) is 3.34. The molecule has 0 saturated carbocycles. The average molecular weight is 212 g/mol. The van der Waals surface area contributed by atoms with Crippen LogP contribution < -0.4 is 5.43 Å². The van der Waals surface area contributed by atoms with Gasteiger partial charge in [0, 0.05) is 33.0 Å². The van der Waals surface area contributed by atoms with Gasteiger partial charge in [0.1, 0.15) is 6.04 Å². The fraction of sp³-hybridized carbons (Fsp3) is 1.00. The Hall–Kier alpha value is -0.120. The summed E-state index contributed by atoms with van der Waals surface area (Å²) >= 11 is 0. The van der Waals surface area contributed by atoms with Crippen LogP contribution in [0.25, 0.3) is 0 Å². The van der Waals surface area contributed by atoms with Crippen LogP contribution in [0.3, 0.4) is 0 Å². The van der Waals surface area contributed by atoms with Crippen LogP contribution in [0, 0.1) is 0 Å². The third kappa shape index (κ3) is 2.35. The summed E-state index contributed by atoms with van der Waals surface area (Å²) < 4.78 is 1.20. The maximum absolute atomic E-state index is 3.62. The summed E-state index contributed by atoms with van der Waals surface area (Å²) in [4.78, 5) is 2.46. The molecule has 0 spiro atoms.